The van der Waals surface area contributed by atoms with Crippen molar-refractivity contribution < 1.29 is 9.53 Å². The van der Waals surface area contributed by atoms with E-state index in [1.807, 2.05) is 48.0 Å². The average molecular weight is 389 g/mol. The van der Waals surface area contributed by atoms with Crippen LogP contribution in [0.4, 0.5) is 0 Å². The molecule has 0 saturated carbocycles. The van der Waals surface area contributed by atoms with Gasteiger partial charge in [-0.3, -0.25) is 0 Å². The molecule has 0 aliphatic rings. The summed E-state index contributed by atoms with van der Waals surface area (Å²) >= 11 is 8.60. The van der Waals surface area contributed by atoms with E-state index in [4.69, 9.17) is 17.0 Å². The lowest BCUT2D eigenvalue weighted by molar-refractivity contribution is 0.0600. The molecule has 0 spiro atoms. The molecule has 0 aliphatic carbocycles. The zero-order valence-corrected chi connectivity index (χ0v) is 16.2. The Morgan fingerprint density at radius 2 is 1.96 bits per heavy atom. The van der Waals surface area contributed by atoms with Gasteiger partial charge in [0, 0.05) is 5.75 Å². The maximum atomic E-state index is 11.5. The van der Waals surface area contributed by atoms with Crippen LogP contribution in [-0.4, -0.2) is 22.9 Å². The molecule has 2 aromatic carbocycles. The first-order valence-corrected chi connectivity index (χ1v) is 9.76. The van der Waals surface area contributed by atoms with Gasteiger partial charge in [0.1, 0.15) is 0 Å². The summed E-state index contributed by atoms with van der Waals surface area (Å²) in [6, 6.07) is 15.5. The Labute approximate surface area is 159 Å². The predicted molar refractivity (Wildman–Crippen MR) is 104 cm³/mol. The normalized spacial score (nSPS) is 10.6. The zero-order chi connectivity index (χ0) is 17.8. The maximum absolute atomic E-state index is 11.5. The van der Waals surface area contributed by atoms with Gasteiger partial charge >= 0.3 is 5.97 Å². The van der Waals surface area contributed by atoms with Crippen molar-refractivity contribution >= 4 is 41.3 Å². The Morgan fingerprint density at radius 1 is 1.24 bits per heavy atom. The molecule has 4 nitrogen and oxygen atoms in total. The van der Waals surface area contributed by atoms with Gasteiger partial charge in [0.15, 0.2) is 8.29 Å². The van der Waals surface area contributed by atoms with Crippen molar-refractivity contribution in [1.82, 2.24) is 9.78 Å². The summed E-state index contributed by atoms with van der Waals surface area (Å²) in [5.74, 6) is 0.437. The number of rotatable bonds is 5. The monoisotopic (exact) mass is 388 g/mol. The molecule has 25 heavy (non-hydrogen) atoms. The zero-order valence-electron chi connectivity index (χ0n) is 13.8. The van der Waals surface area contributed by atoms with Crippen molar-refractivity contribution in [3.8, 4) is 5.69 Å². The molecule has 1 heterocycles. The van der Waals surface area contributed by atoms with Crippen LogP contribution in [-0.2, 0) is 10.5 Å². The Balaban J connectivity index is 1.72. The maximum Gasteiger partial charge on any atom is 0.337 e. The van der Waals surface area contributed by atoms with E-state index < -0.39 is 0 Å². The Hall–Kier alpha value is -1.96. The molecule has 0 radical (unpaired) electrons. The Morgan fingerprint density at radius 3 is 2.64 bits per heavy atom. The molecule has 0 aliphatic heterocycles. The van der Waals surface area contributed by atoms with Crippen LogP contribution in [0.1, 0.15) is 21.5 Å². The molecular weight excluding hydrogens is 372 g/mol. The summed E-state index contributed by atoms with van der Waals surface area (Å²) in [6.45, 7) is 2.05. The van der Waals surface area contributed by atoms with Gasteiger partial charge in [-0.2, -0.15) is 0 Å². The number of benzene rings is 2. The summed E-state index contributed by atoms with van der Waals surface area (Å²) in [7, 11) is 1.38. The van der Waals surface area contributed by atoms with Crippen molar-refractivity contribution in [2.24, 2.45) is 0 Å². The number of thioether (sulfide) groups is 1. The lowest BCUT2D eigenvalue weighted by Crippen LogP contribution is -2.00. The average Bonchev–Trinajstić information content (AvgIpc) is 3.00. The van der Waals surface area contributed by atoms with Gasteiger partial charge in [-0.1, -0.05) is 53.4 Å². The molecule has 128 valence electrons. The molecule has 3 rings (SSSR count). The predicted octanol–water partition coefficient (Wildman–Crippen LogP) is 5.05. The van der Waals surface area contributed by atoms with Crippen LogP contribution in [0.5, 0.6) is 0 Å². The molecule has 1 aromatic heterocycles. The molecule has 0 amide bonds. The third kappa shape index (κ3) is 4.18. The largest absolute Gasteiger partial charge is 0.465 e. The summed E-state index contributed by atoms with van der Waals surface area (Å²) < 4.78 is 8.18. The number of aromatic nitrogens is 2. The Kier molecular flexibility index (Phi) is 5.67. The number of hydrogen-bond acceptors (Lipinski definition) is 6. The highest BCUT2D eigenvalue weighted by Crippen LogP contribution is 2.28. The van der Waals surface area contributed by atoms with Crippen LogP contribution in [0.25, 0.3) is 5.69 Å². The minimum absolute atomic E-state index is 0.325. The van der Waals surface area contributed by atoms with E-state index in [0.29, 0.717) is 5.56 Å². The first-order valence-electron chi connectivity index (χ1n) is 7.54. The topological polar surface area (TPSA) is 44.1 Å². The van der Waals surface area contributed by atoms with E-state index in [1.54, 1.807) is 23.9 Å². The molecule has 0 fully saturated rings. The SMILES string of the molecule is COC(=O)c1ccc(CSc2nn(-c3ccccc3C)c(=S)s2)cc1. The van der Waals surface area contributed by atoms with E-state index in [2.05, 4.69) is 5.10 Å². The van der Waals surface area contributed by atoms with Crippen LogP contribution in [0, 0.1) is 10.9 Å². The molecule has 0 unspecified atom stereocenters. The van der Waals surface area contributed by atoms with Crippen molar-refractivity contribution in [1.29, 1.82) is 0 Å². The second kappa shape index (κ2) is 7.95. The van der Waals surface area contributed by atoms with Gasteiger partial charge in [0.05, 0.1) is 18.4 Å². The number of aryl methyl sites for hydroxylation is 1. The molecular formula is C18H16N2O2S3. The fourth-order valence-electron chi connectivity index (χ4n) is 2.27. The van der Waals surface area contributed by atoms with Crippen LogP contribution in [0.2, 0.25) is 0 Å². The van der Waals surface area contributed by atoms with Crippen molar-refractivity contribution in [2.45, 2.75) is 17.0 Å². The second-order valence-electron chi connectivity index (χ2n) is 5.31. The van der Waals surface area contributed by atoms with Crippen molar-refractivity contribution in [2.75, 3.05) is 7.11 Å². The Bertz CT molecular complexity index is 945. The van der Waals surface area contributed by atoms with Gasteiger partial charge in [0.25, 0.3) is 0 Å². The highest BCUT2D eigenvalue weighted by atomic mass is 32.2. The van der Waals surface area contributed by atoms with Gasteiger partial charge < -0.3 is 4.74 Å². The highest BCUT2D eigenvalue weighted by molar-refractivity contribution is 8.00. The molecule has 3 aromatic rings. The third-order valence-corrected chi connectivity index (χ3v) is 6.05. The second-order valence-corrected chi connectivity index (χ2v) is 8.15. The van der Waals surface area contributed by atoms with Gasteiger partial charge in [-0.15, -0.1) is 5.10 Å². The lowest BCUT2D eigenvalue weighted by atomic mass is 10.1. The highest BCUT2D eigenvalue weighted by Gasteiger charge is 2.09. The standard InChI is InChI=1S/C18H16N2O2S3/c1-12-5-3-4-6-15(12)20-18(23)25-17(19-20)24-11-13-7-9-14(10-8-13)16(21)22-2/h3-10H,11H2,1-2H3. The summed E-state index contributed by atoms with van der Waals surface area (Å²) in [5, 5.41) is 4.63. The van der Waals surface area contributed by atoms with Gasteiger partial charge in [-0.25, -0.2) is 9.48 Å². The smallest absolute Gasteiger partial charge is 0.337 e. The van der Waals surface area contributed by atoms with Gasteiger partial charge in [-0.05, 0) is 48.5 Å². The third-order valence-electron chi connectivity index (χ3n) is 3.61. The van der Waals surface area contributed by atoms with Crippen molar-refractivity contribution in [3.05, 3.63) is 69.2 Å². The fraction of sp³-hybridized carbons (Fsp3) is 0.167. The number of methoxy groups -OCH3 is 1. The lowest BCUT2D eigenvalue weighted by Gasteiger charge is -2.04. The van der Waals surface area contributed by atoms with Crippen LogP contribution < -0.4 is 0 Å². The molecule has 0 atom stereocenters. The van der Waals surface area contributed by atoms with Crippen molar-refractivity contribution in [3.63, 3.8) is 0 Å². The number of carbonyl (C=O) groups is 1. The number of carbonyl (C=O) groups excluding carboxylic acids is 1. The molecule has 0 N–H and O–H groups in total. The first-order chi connectivity index (χ1) is 12.1. The van der Waals surface area contributed by atoms with E-state index in [0.717, 1.165) is 30.9 Å². The minimum atomic E-state index is -0.325. The number of nitrogens with zero attached hydrogens (tertiary/aromatic N) is 2. The van der Waals surface area contributed by atoms with Crippen LogP contribution in [0.3, 0.4) is 0 Å². The van der Waals surface area contributed by atoms with E-state index >= 15 is 0 Å². The summed E-state index contributed by atoms with van der Waals surface area (Å²) in [5.41, 5.74) is 3.81. The minimum Gasteiger partial charge on any atom is -0.465 e. The number of hydrogen-bond donors (Lipinski definition) is 0. The molecule has 0 bridgehead atoms. The number of ether oxygens (including phenoxy) is 1. The summed E-state index contributed by atoms with van der Waals surface area (Å²) in [6.07, 6.45) is 0. The van der Waals surface area contributed by atoms with Crippen LogP contribution >= 0.6 is 35.3 Å². The number of esters is 1. The molecule has 7 heteroatoms. The van der Waals surface area contributed by atoms with Gasteiger partial charge in [0.2, 0.25) is 0 Å². The quantitative estimate of drug-likeness (QED) is 0.348. The van der Waals surface area contributed by atoms with E-state index in [-0.39, 0.29) is 5.97 Å². The first kappa shape index (κ1) is 17.8. The molecule has 0 saturated heterocycles. The van der Waals surface area contributed by atoms with Crippen LogP contribution in [0.15, 0.2) is 52.9 Å². The summed E-state index contributed by atoms with van der Waals surface area (Å²) in [4.78, 5) is 11.5. The number of para-hydroxylation sites is 1. The fourth-order valence-corrected chi connectivity index (χ4v) is 4.58. The van der Waals surface area contributed by atoms with E-state index in [1.165, 1.54) is 18.4 Å². The van der Waals surface area contributed by atoms with E-state index in [9.17, 15) is 4.79 Å².